The van der Waals surface area contributed by atoms with Gasteiger partial charge in [0.05, 0.1) is 26.6 Å². The Balaban J connectivity index is 1.91. The number of esters is 1. The van der Waals surface area contributed by atoms with E-state index >= 15 is 0 Å². The van der Waals surface area contributed by atoms with Gasteiger partial charge in [0.2, 0.25) is 0 Å². The summed E-state index contributed by atoms with van der Waals surface area (Å²) in [5, 5.41) is 14.1. The fourth-order valence-electron chi connectivity index (χ4n) is 2.11. The highest BCUT2D eigenvalue weighted by Gasteiger charge is 2.16. The van der Waals surface area contributed by atoms with Gasteiger partial charge in [-0.1, -0.05) is 35.3 Å². The van der Waals surface area contributed by atoms with Crippen LogP contribution in [0.1, 0.15) is 28.9 Å². The number of hydrogen-bond donors (Lipinski definition) is 1. The molecule has 2 aromatic rings. The molecule has 0 radical (unpaired) electrons. The molecule has 0 heterocycles. The van der Waals surface area contributed by atoms with Crippen LogP contribution >= 0.6 is 23.2 Å². The van der Waals surface area contributed by atoms with Crippen LogP contribution in [-0.2, 0) is 9.53 Å². The molecule has 0 aliphatic heterocycles. The van der Waals surface area contributed by atoms with Gasteiger partial charge in [0.15, 0.2) is 6.61 Å². The van der Waals surface area contributed by atoms with Gasteiger partial charge in [0.25, 0.3) is 11.6 Å². The second-order valence-electron chi connectivity index (χ2n) is 5.35. The number of benzene rings is 2. The lowest BCUT2D eigenvalue weighted by atomic mass is 10.1. The Morgan fingerprint density at radius 2 is 1.92 bits per heavy atom. The van der Waals surface area contributed by atoms with Crippen LogP contribution < -0.4 is 5.32 Å². The van der Waals surface area contributed by atoms with E-state index < -0.39 is 23.4 Å². The molecule has 0 saturated heterocycles. The molecule has 9 heteroatoms. The van der Waals surface area contributed by atoms with Crippen molar-refractivity contribution in [1.29, 1.82) is 0 Å². The van der Waals surface area contributed by atoms with E-state index in [-0.39, 0.29) is 17.3 Å². The first-order valence-electron chi connectivity index (χ1n) is 7.44. The number of rotatable bonds is 6. The Morgan fingerprint density at radius 3 is 2.58 bits per heavy atom. The van der Waals surface area contributed by atoms with Gasteiger partial charge in [-0.2, -0.15) is 0 Å². The summed E-state index contributed by atoms with van der Waals surface area (Å²) in [5.74, 6) is -1.35. The predicted octanol–water partition coefficient (Wildman–Crippen LogP) is 3.94. The Hall–Kier alpha value is -2.64. The Labute approximate surface area is 159 Å². The molecule has 0 fully saturated rings. The van der Waals surface area contributed by atoms with E-state index in [1.165, 1.54) is 18.2 Å². The molecule has 2 aromatic carbocycles. The van der Waals surface area contributed by atoms with Crippen molar-refractivity contribution >= 4 is 40.8 Å². The first kappa shape index (κ1) is 19.7. The lowest BCUT2D eigenvalue weighted by Gasteiger charge is -2.15. The largest absolute Gasteiger partial charge is 0.452 e. The number of ether oxygens (including phenoxy) is 1. The molecule has 0 aromatic heterocycles. The zero-order valence-electron chi connectivity index (χ0n) is 13.6. The highest BCUT2D eigenvalue weighted by Crippen LogP contribution is 2.25. The van der Waals surface area contributed by atoms with Crippen molar-refractivity contribution < 1.29 is 19.2 Å². The lowest BCUT2D eigenvalue weighted by Crippen LogP contribution is -2.31. The number of halogens is 2. The van der Waals surface area contributed by atoms with Crippen LogP contribution in [0.25, 0.3) is 0 Å². The standard InChI is InChI=1S/C17H14Cl2N2O5/c1-10(11-5-6-14(18)15(19)8-11)20-16(22)9-26-17(23)12-3-2-4-13(7-12)21(24)25/h2-8,10H,9H2,1H3,(H,20,22)/t10-/m1/s1. The van der Waals surface area contributed by atoms with Crippen LogP contribution in [0.15, 0.2) is 42.5 Å². The zero-order chi connectivity index (χ0) is 19.3. The first-order chi connectivity index (χ1) is 12.3. The molecule has 0 unspecified atom stereocenters. The fourth-order valence-corrected chi connectivity index (χ4v) is 2.42. The minimum atomic E-state index is -0.828. The summed E-state index contributed by atoms with van der Waals surface area (Å²) in [6.45, 7) is 1.22. The molecule has 0 bridgehead atoms. The number of carbonyl (C=O) groups excluding carboxylic acids is 2. The van der Waals surface area contributed by atoms with E-state index in [9.17, 15) is 19.7 Å². The van der Waals surface area contributed by atoms with Crippen LogP contribution in [-0.4, -0.2) is 23.4 Å². The summed E-state index contributed by atoms with van der Waals surface area (Å²) in [5.41, 5.74) is 0.486. The summed E-state index contributed by atoms with van der Waals surface area (Å²) in [4.78, 5) is 33.9. The van der Waals surface area contributed by atoms with Crippen LogP contribution in [0, 0.1) is 10.1 Å². The van der Waals surface area contributed by atoms with Crippen molar-refractivity contribution in [2.24, 2.45) is 0 Å². The second-order valence-corrected chi connectivity index (χ2v) is 6.16. The quantitative estimate of drug-likeness (QED) is 0.452. The number of amides is 1. The Morgan fingerprint density at radius 1 is 1.19 bits per heavy atom. The number of nitro benzene ring substituents is 1. The van der Waals surface area contributed by atoms with E-state index in [1.54, 1.807) is 25.1 Å². The van der Waals surface area contributed by atoms with Crippen molar-refractivity contribution in [2.75, 3.05) is 6.61 Å². The average Bonchev–Trinajstić information content (AvgIpc) is 2.62. The molecule has 1 amide bonds. The minimum absolute atomic E-state index is 0.00969. The normalized spacial score (nSPS) is 11.5. The molecule has 0 saturated carbocycles. The number of nitrogens with one attached hydrogen (secondary N) is 1. The van der Waals surface area contributed by atoms with Crippen molar-refractivity contribution in [3.8, 4) is 0 Å². The number of nitro groups is 1. The summed E-state index contributed by atoms with van der Waals surface area (Å²) in [6.07, 6.45) is 0. The van der Waals surface area contributed by atoms with E-state index in [0.717, 1.165) is 11.6 Å². The SMILES string of the molecule is C[C@@H](NC(=O)COC(=O)c1cccc([N+](=O)[O-])c1)c1ccc(Cl)c(Cl)c1. The maximum absolute atomic E-state index is 11.9. The fraction of sp³-hybridized carbons (Fsp3) is 0.176. The highest BCUT2D eigenvalue weighted by molar-refractivity contribution is 6.42. The van der Waals surface area contributed by atoms with Gasteiger partial charge < -0.3 is 10.1 Å². The lowest BCUT2D eigenvalue weighted by molar-refractivity contribution is -0.384. The molecule has 1 N–H and O–H groups in total. The third-order valence-corrected chi connectivity index (χ3v) is 4.19. The maximum atomic E-state index is 11.9. The van der Waals surface area contributed by atoms with Gasteiger partial charge in [0, 0.05) is 12.1 Å². The van der Waals surface area contributed by atoms with E-state index in [0.29, 0.717) is 10.0 Å². The van der Waals surface area contributed by atoms with Gasteiger partial charge in [-0.25, -0.2) is 4.79 Å². The van der Waals surface area contributed by atoms with Crippen molar-refractivity contribution in [3.05, 3.63) is 73.8 Å². The van der Waals surface area contributed by atoms with Crippen molar-refractivity contribution in [2.45, 2.75) is 13.0 Å². The third kappa shape index (κ3) is 5.18. The molecule has 136 valence electrons. The molecular formula is C17H14Cl2N2O5. The van der Waals surface area contributed by atoms with Crippen molar-refractivity contribution in [1.82, 2.24) is 5.32 Å². The maximum Gasteiger partial charge on any atom is 0.338 e. The number of carbonyl (C=O) groups is 2. The van der Waals surface area contributed by atoms with Crippen LogP contribution in [0.4, 0.5) is 5.69 Å². The molecule has 0 aliphatic carbocycles. The first-order valence-corrected chi connectivity index (χ1v) is 8.19. The Kier molecular flexibility index (Phi) is 6.54. The number of non-ortho nitro benzene ring substituents is 1. The van der Waals surface area contributed by atoms with Gasteiger partial charge >= 0.3 is 5.97 Å². The van der Waals surface area contributed by atoms with Gasteiger partial charge in [-0.3, -0.25) is 14.9 Å². The molecule has 0 aliphatic rings. The van der Waals surface area contributed by atoms with E-state index in [4.69, 9.17) is 27.9 Å². The molecule has 0 spiro atoms. The smallest absolute Gasteiger partial charge is 0.338 e. The number of nitrogens with zero attached hydrogens (tertiary/aromatic N) is 1. The highest BCUT2D eigenvalue weighted by atomic mass is 35.5. The predicted molar refractivity (Wildman–Crippen MR) is 96.4 cm³/mol. The summed E-state index contributed by atoms with van der Waals surface area (Å²) in [7, 11) is 0. The number of hydrogen-bond acceptors (Lipinski definition) is 5. The molecule has 1 atom stereocenters. The monoisotopic (exact) mass is 396 g/mol. The van der Waals surface area contributed by atoms with Gasteiger partial charge in [-0.15, -0.1) is 0 Å². The molecule has 2 rings (SSSR count). The van der Waals surface area contributed by atoms with Gasteiger partial charge in [-0.05, 0) is 30.7 Å². The molecular weight excluding hydrogens is 383 g/mol. The van der Waals surface area contributed by atoms with Crippen molar-refractivity contribution in [3.63, 3.8) is 0 Å². The third-order valence-electron chi connectivity index (χ3n) is 3.45. The van der Waals surface area contributed by atoms with Gasteiger partial charge in [0.1, 0.15) is 0 Å². The van der Waals surface area contributed by atoms with Crippen LogP contribution in [0.3, 0.4) is 0 Å². The molecule has 26 heavy (non-hydrogen) atoms. The van der Waals surface area contributed by atoms with E-state index in [1.807, 2.05) is 0 Å². The van der Waals surface area contributed by atoms with E-state index in [2.05, 4.69) is 5.32 Å². The van der Waals surface area contributed by atoms with Crippen LogP contribution in [0.5, 0.6) is 0 Å². The molecule has 7 nitrogen and oxygen atoms in total. The minimum Gasteiger partial charge on any atom is -0.452 e. The summed E-state index contributed by atoms with van der Waals surface area (Å²) < 4.78 is 4.88. The average molecular weight is 397 g/mol. The zero-order valence-corrected chi connectivity index (χ0v) is 15.1. The summed E-state index contributed by atoms with van der Waals surface area (Å²) in [6, 6.07) is 9.64. The summed E-state index contributed by atoms with van der Waals surface area (Å²) >= 11 is 11.8. The Bertz CT molecular complexity index is 857. The second kappa shape index (κ2) is 8.64. The topological polar surface area (TPSA) is 98.5 Å². The van der Waals surface area contributed by atoms with Crippen LogP contribution in [0.2, 0.25) is 10.0 Å².